The summed E-state index contributed by atoms with van der Waals surface area (Å²) in [5.74, 6) is -0.143. The molecule has 152 valence electrons. The summed E-state index contributed by atoms with van der Waals surface area (Å²) in [5.41, 5.74) is -0.825. The Kier molecular flexibility index (Phi) is 16.3. The molecule has 0 aliphatic heterocycles. The lowest BCUT2D eigenvalue weighted by Gasteiger charge is -2.23. The van der Waals surface area contributed by atoms with Gasteiger partial charge >= 0.3 is 0 Å². The number of carbonyl (C=O) groups is 1. The van der Waals surface area contributed by atoms with Crippen LogP contribution in [0.3, 0.4) is 0 Å². The molecule has 0 aliphatic carbocycles. The van der Waals surface area contributed by atoms with Crippen molar-refractivity contribution in [3.63, 3.8) is 0 Å². The third-order valence-electron chi connectivity index (χ3n) is 4.01. The molecular weight excluding hydrogens is 334 g/mol. The van der Waals surface area contributed by atoms with Gasteiger partial charge in [-0.05, 0) is 38.7 Å². The van der Waals surface area contributed by atoms with E-state index in [9.17, 15) is 9.90 Å². The van der Waals surface area contributed by atoms with E-state index in [1.807, 2.05) is 36.5 Å². The second kappa shape index (κ2) is 17.5. The molecular formula is C24H39NO2. The molecule has 1 unspecified atom stereocenters. The van der Waals surface area contributed by atoms with E-state index in [4.69, 9.17) is 0 Å². The zero-order valence-electron chi connectivity index (χ0n) is 17.5. The van der Waals surface area contributed by atoms with E-state index >= 15 is 0 Å². The third-order valence-corrected chi connectivity index (χ3v) is 4.01. The Morgan fingerprint density at radius 3 is 2.07 bits per heavy atom. The van der Waals surface area contributed by atoms with Crippen LogP contribution in [-0.2, 0) is 4.79 Å². The number of allylic oxidation sites excluding steroid dienone is 9. The Hall–Kier alpha value is -1.87. The average Bonchev–Trinajstić information content (AvgIpc) is 2.64. The molecule has 0 aromatic heterocycles. The van der Waals surface area contributed by atoms with Gasteiger partial charge in [0, 0.05) is 6.54 Å². The predicted octanol–water partition coefficient (Wildman–Crippen LogP) is 5.80. The minimum absolute atomic E-state index is 0.143. The number of rotatable bonds is 15. The Balaban J connectivity index is 3.84. The van der Waals surface area contributed by atoms with Crippen LogP contribution in [0.4, 0.5) is 0 Å². The van der Waals surface area contributed by atoms with E-state index in [1.165, 1.54) is 6.42 Å². The Morgan fingerprint density at radius 1 is 0.852 bits per heavy atom. The number of carbonyl (C=O) groups excluding carboxylic acids is 1. The quantitative estimate of drug-likeness (QED) is 0.217. The summed E-state index contributed by atoms with van der Waals surface area (Å²) in [6, 6.07) is 0. The van der Waals surface area contributed by atoms with Crippen LogP contribution in [0.15, 0.2) is 60.8 Å². The second-order valence-electron chi connectivity index (χ2n) is 7.07. The van der Waals surface area contributed by atoms with Gasteiger partial charge in [0.1, 0.15) is 0 Å². The highest BCUT2D eigenvalue weighted by Crippen LogP contribution is 2.13. The summed E-state index contributed by atoms with van der Waals surface area (Å²) in [5, 5.41) is 13.0. The van der Waals surface area contributed by atoms with Crippen molar-refractivity contribution in [2.45, 2.75) is 77.7 Å². The van der Waals surface area contributed by atoms with Crippen LogP contribution in [0, 0.1) is 0 Å². The van der Waals surface area contributed by atoms with Gasteiger partial charge in [0.25, 0.3) is 0 Å². The molecule has 3 heteroatoms. The number of unbranched alkanes of at least 4 members (excludes halogenated alkanes) is 4. The van der Waals surface area contributed by atoms with Gasteiger partial charge in [-0.15, -0.1) is 0 Å². The van der Waals surface area contributed by atoms with E-state index in [1.54, 1.807) is 13.0 Å². The van der Waals surface area contributed by atoms with E-state index in [2.05, 4.69) is 37.4 Å². The molecule has 0 aromatic carbocycles. The summed E-state index contributed by atoms with van der Waals surface area (Å²) in [6.45, 7) is 6.38. The Bertz CT molecular complexity index is 510. The summed E-state index contributed by atoms with van der Waals surface area (Å²) < 4.78 is 0. The van der Waals surface area contributed by atoms with Gasteiger partial charge in [-0.1, -0.05) is 94.2 Å². The standard InChI is InChI=1S/C24H39NO2/c1-4-6-8-9-10-11-12-13-14-15-16-17-18-20-23(26)25-22-24(3,27)21-19-7-5-2/h8-15,18,20,27H,4-7,16-17,19,21-22H2,1-3H3,(H,25,26). The third kappa shape index (κ3) is 18.7. The number of amides is 1. The molecule has 1 amide bonds. The monoisotopic (exact) mass is 373 g/mol. The fraction of sp³-hybridized carbons (Fsp3) is 0.542. The lowest BCUT2D eigenvalue weighted by Crippen LogP contribution is -2.40. The maximum atomic E-state index is 11.8. The van der Waals surface area contributed by atoms with Crippen LogP contribution in [0.2, 0.25) is 0 Å². The van der Waals surface area contributed by atoms with Gasteiger partial charge < -0.3 is 10.4 Å². The van der Waals surface area contributed by atoms with Crippen molar-refractivity contribution in [3.8, 4) is 0 Å². The Labute approximate surface area is 166 Å². The van der Waals surface area contributed by atoms with E-state index in [0.717, 1.165) is 38.5 Å². The summed E-state index contributed by atoms with van der Waals surface area (Å²) in [7, 11) is 0. The zero-order valence-corrected chi connectivity index (χ0v) is 17.5. The van der Waals surface area contributed by atoms with Gasteiger partial charge in [-0.3, -0.25) is 4.79 Å². The Morgan fingerprint density at radius 2 is 1.44 bits per heavy atom. The van der Waals surface area contributed by atoms with Gasteiger partial charge in [-0.25, -0.2) is 0 Å². The number of hydrogen-bond acceptors (Lipinski definition) is 2. The smallest absolute Gasteiger partial charge is 0.243 e. The van der Waals surface area contributed by atoms with E-state index in [-0.39, 0.29) is 5.91 Å². The van der Waals surface area contributed by atoms with Gasteiger partial charge in [0.2, 0.25) is 5.91 Å². The summed E-state index contributed by atoms with van der Waals surface area (Å²) in [6.07, 6.45) is 27.7. The molecule has 0 fully saturated rings. The van der Waals surface area contributed by atoms with Crippen LogP contribution in [0.25, 0.3) is 0 Å². The molecule has 0 bridgehead atoms. The molecule has 0 radical (unpaired) electrons. The molecule has 2 N–H and O–H groups in total. The van der Waals surface area contributed by atoms with E-state index < -0.39 is 5.60 Å². The first-order chi connectivity index (χ1) is 13.0. The van der Waals surface area contributed by atoms with Crippen LogP contribution in [-0.4, -0.2) is 23.2 Å². The first kappa shape index (κ1) is 25.1. The molecule has 3 nitrogen and oxygen atoms in total. The molecule has 0 aromatic rings. The van der Waals surface area contributed by atoms with Gasteiger partial charge in [0.05, 0.1) is 5.60 Å². The SMILES string of the molecule is CCCC=CC=CC=CC=CCCC=CC(=O)NCC(C)(O)CCCCC. The highest BCUT2D eigenvalue weighted by Gasteiger charge is 2.19. The first-order valence-corrected chi connectivity index (χ1v) is 10.3. The highest BCUT2D eigenvalue weighted by atomic mass is 16.3. The second-order valence-corrected chi connectivity index (χ2v) is 7.07. The highest BCUT2D eigenvalue weighted by molar-refractivity contribution is 5.87. The lowest BCUT2D eigenvalue weighted by atomic mass is 9.98. The summed E-state index contributed by atoms with van der Waals surface area (Å²) in [4.78, 5) is 11.8. The normalized spacial score (nSPS) is 15.0. The largest absolute Gasteiger partial charge is 0.388 e. The fourth-order valence-corrected chi connectivity index (χ4v) is 2.34. The lowest BCUT2D eigenvalue weighted by molar-refractivity contribution is -0.117. The average molecular weight is 374 g/mol. The van der Waals surface area contributed by atoms with Gasteiger partial charge in [-0.2, -0.15) is 0 Å². The minimum atomic E-state index is -0.825. The topological polar surface area (TPSA) is 49.3 Å². The minimum Gasteiger partial charge on any atom is -0.388 e. The molecule has 27 heavy (non-hydrogen) atoms. The number of hydrogen-bond donors (Lipinski definition) is 2. The number of nitrogens with one attached hydrogen (secondary N) is 1. The summed E-state index contributed by atoms with van der Waals surface area (Å²) >= 11 is 0. The predicted molar refractivity (Wildman–Crippen MR) is 118 cm³/mol. The molecule has 0 saturated heterocycles. The fourth-order valence-electron chi connectivity index (χ4n) is 2.34. The van der Waals surface area contributed by atoms with Crippen molar-refractivity contribution in [1.29, 1.82) is 0 Å². The van der Waals surface area contributed by atoms with Crippen molar-refractivity contribution in [3.05, 3.63) is 60.8 Å². The van der Waals surface area contributed by atoms with Crippen LogP contribution < -0.4 is 5.32 Å². The van der Waals surface area contributed by atoms with Gasteiger partial charge in [0.15, 0.2) is 0 Å². The van der Waals surface area contributed by atoms with Crippen LogP contribution >= 0.6 is 0 Å². The molecule has 0 aliphatic rings. The molecule has 0 spiro atoms. The maximum Gasteiger partial charge on any atom is 0.243 e. The molecule has 1 atom stereocenters. The van der Waals surface area contributed by atoms with E-state index in [0.29, 0.717) is 13.0 Å². The van der Waals surface area contributed by atoms with Crippen molar-refractivity contribution in [2.75, 3.05) is 6.54 Å². The van der Waals surface area contributed by atoms with Crippen molar-refractivity contribution < 1.29 is 9.90 Å². The van der Waals surface area contributed by atoms with Crippen molar-refractivity contribution >= 4 is 5.91 Å². The molecule has 0 saturated carbocycles. The van der Waals surface area contributed by atoms with Crippen LogP contribution in [0.1, 0.15) is 72.1 Å². The maximum absolute atomic E-state index is 11.8. The van der Waals surface area contributed by atoms with Crippen molar-refractivity contribution in [2.24, 2.45) is 0 Å². The number of aliphatic hydroxyl groups is 1. The zero-order chi connectivity index (χ0) is 20.2. The van der Waals surface area contributed by atoms with Crippen molar-refractivity contribution in [1.82, 2.24) is 5.32 Å². The molecule has 0 rings (SSSR count). The van der Waals surface area contributed by atoms with Crippen LogP contribution in [0.5, 0.6) is 0 Å². The molecule has 0 heterocycles. The first-order valence-electron chi connectivity index (χ1n) is 10.3.